The molecule has 0 amide bonds. The first kappa shape index (κ1) is 15.6. The molecule has 1 atom stereocenters. The zero-order chi connectivity index (χ0) is 15.6. The van der Waals surface area contributed by atoms with Gasteiger partial charge in [-0.2, -0.15) is 0 Å². The van der Waals surface area contributed by atoms with Crippen LogP contribution < -0.4 is 5.32 Å². The van der Waals surface area contributed by atoms with Gasteiger partial charge in [-0.25, -0.2) is 0 Å². The summed E-state index contributed by atoms with van der Waals surface area (Å²) in [5.41, 5.74) is 2.28. The van der Waals surface area contributed by atoms with Crippen molar-refractivity contribution in [1.29, 1.82) is 0 Å². The number of nitrogens with zero attached hydrogens (tertiary/aromatic N) is 1. The zero-order valence-corrected chi connectivity index (χ0v) is 13.1. The van der Waals surface area contributed by atoms with Gasteiger partial charge in [0, 0.05) is 27.4 Å². The van der Waals surface area contributed by atoms with E-state index in [-0.39, 0.29) is 16.7 Å². The maximum atomic E-state index is 11.0. The molecule has 0 saturated carbocycles. The molecule has 0 radical (unpaired) electrons. The van der Waals surface area contributed by atoms with Gasteiger partial charge in [-0.15, -0.1) is 0 Å². The lowest BCUT2D eigenvalue weighted by Gasteiger charge is -2.18. The maximum absolute atomic E-state index is 11.0. The second-order valence-corrected chi connectivity index (χ2v) is 5.58. The predicted octanol–water partition coefficient (Wildman–Crippen LogP) is 5.38. The molecule has 0 saturated heterocycles. The molecule has 1 N–H and O–H groups in total. The first-order valence-corrected chi connectivity index (χ1v) is 7.11. The Kier molecular flexibility index (Phi) is 4.70. The number of benzene rings is 2. The van der Waals surface area contributed by atoms with Crippen molar-refractivity contribution >= 4 is 34.6 Å². The number of halogens is 2. The third-order valence-electron chi connectivity index (χ3n) is 3.30. The highest BCUT2D eigenvalue weighted by atomic mass is 35.5. The van der Waals surface area contributed by atoms with Crippen LogP contribution in [0.5, 0.6) is 0 Å². The smallest absolute Gasteiger partial charge is 0.274 e. The van der Waals surface area contributed by atoms with Gasteiger partial charge in [0.1, 0.15) is 0 Å². The van der Waals surface area contributed by atoms with Crippen LogP contribution in [0.25, 0.3) is 0 Å². The predicted molar refractivity (Wildman–Crippen MR) is 86.3 cm³/mol. The molecule has 4 nitrogen and oxygen atoms in total. The van der Waals surface area contributed by atoms with Gasteiger partial charge in [-0.1, -0.05) is 35.3 Å². The average Bonchev–Trinajstić information content (AvgIpc) is 2.40. The second kappa shape index (κ2) is 6.33. The summed E-state index contributed by atoms with van der Waals surface area (Å²) < 4.78 is 0. The van der Waals surface area contributed by atoms with E-state index in [0.29, 0.717) is 21.3 Å². The van der Waals surface area contributed by atoms with E-state index in [1.165, 1.54) is 6.07 Å². The Morgan fingerprint density at radius 3 is 2.57 bits per heavy atom. The Hall–Kier alpha value is -1.78. The molecule has 110 valence electrons. The monoisotopic (exact) mass is 324 g/mol. The Bertz CT molecular complexity index is 689. The van der Waals surface area contributed by atoms with Crippen molar-refractivity contribution in [2.24, 2.45) is 0 Å². The molecular weight excluding hydrogens is 311 g/mol. The van der Waals surface area contributed by atoms with Crippen molar-refractivity contribution in [1.82, 2.24) is 0 Å². The normalized spacial score (nSPS) is 12.0. The number of rotatable bonds is 4. The topological polar surface area (TPSA) is 55.2 Å². The highest BCUT2D eigenvalue weighted by molar-refractivity contribution is 6.35. The molecule has 0 aromatic heterocycles. The lowest BCUT2D eigenvalue weighted by molar-refractivity contribution is -0.385. The quantitative estimate of drug-likeness (QED) is 0.606. The Morgan fingerprint density at radius 1 is 1.24 bits per heavy atom. The summed E-state index contributed by atoms with van der Waals surface area (Å²) in [5.74, 6) is 0. The molecular formula is C15H14Cl2N2O2. The van der Waals surface area contributed by atoms with Crippen LogP contribution in [0.2, 0.25) is 10.0 Å². The lowest BCUT2D eigenvalue weighted by Crippen LogP contribution is -2.09. The molecule has 0 heterocycles. The summed E-state index contributed by atoms with van der Waals surface area (Å²) in [6, 6.07) is 10.1. The fourth-order valence-corrected chi connectivity index (χ4v) is 2.71. The van der Waals surface area contributed by atoms with E-state index in [0.717, 1.165) is 5.56 Å². The third-order valence-corrected chi connectivity index (χ3v) is 3.87. The van der Waals surface area contributed by atoms with Gasteiger partial charge in [-0.3, -0.25) is 10.1 Å². The van der Waals surface area contributed by atoms with Crippen LogP contribution in [-0.4, -0.2) is 4.92 Å². The standard InChI is InChI=1S/C15H14Cl2N2O2/c1-9-14(4-3-5-15(9)19(20)21)18-10(2)12-7-6-11(16)8-13(12)17/h3-8,10,18H,1-2H3. The minimum atomic E-state index is -0.388. The highest BCUT2D eigenvalue weighted by Crippen LogP contribution is 2.31. The molecule has 0 aliphatic heterocycles. The average molecular weight is 325 g/mol. The van der Waals surface area contributed by atoms with Gasteiger partial charge in [0.05, 0.1) is 11.0 Å². The van der Waals surface area contributed by atoms with Crippen LogP contribution in [0.1, 0.15) is 24.1 Å². The molecule has 0 aliphatic carbocycles. The van der Waals surface area contributed by atoms with Crippen LogP contribution >= 0.6 is 23.2 Å². The number of nitrogens with one attached hydrogen (secondary N) is 1. The summed E-state index contributed by atoms with van der Waals surface area (Å²) in [7, 11) is 0. The Labute approximate surface area is 132 Å². The van der Waals surface area contributed by atoms with Crippen molar-refractivity contribution in [2.45, 2.75) is 19.9 Å². The van der Waals surface area contributed by atoms with Gasteiger partial charge >= 0.3 is 0 Å². The van der Waals surface area contributed by atoms with E-state index in [9.17, 15) is 10.1 Å². The van der Waals surface area contributed by atoms with Crippen molar-refractivity contribution in [3.05, 3.63) is 67.7 Å². The van der Waals surface area contributed by atoms with E-state index in [1.807, 2.05) is 19.1 Å². The molecule has 0 bridgehead atoms. The van der Waals surface area contributed by atoms with Gasteiger partial charge < -0.3 is 5.32 Å². The molecule has 0 fully saturated rings. The summed E-state index contributed by atoms with van der Waals surface area (Å²) in [6.07, 6.45) is 0. The van der Waals surface area contributed by atoms with Crippen LogP contribution in [-0.2, 0) is 0 Å². The molecule has 1 unspecified atom stereocenters. The molecule has 0 spiro atoms. The van der Waals surface area contributed by atoms with E-state index >= 15 is 0 Å². The first-order valence-electron chi connectivity index (χ1n) is 6.35. The van der Waals surface area contributed by atoms with Crippen LogP contribution in [0, 0.1) is 17.0 Å². The number of nitro groups is 1. The molecule has 2 rings (SSSR count). The fraction of sp³-hybridized carbons (Fsp3) is 0.200. The third kappa shape index (κ3) is 3.46. The molecule has 0 aliphatic rings. The fourth-order valence-electron chi connectivity index (χ4n) is 2.14. The molecule has 6 heteroatoms. The number of nitro benzene ring substituents is 1. The van der Waals surface area contributed by atoms with Crippen LogP contribution in [0.4, 0.5) is 11.4 Å². The van der Waals surface area contributed by atoms with Gasteiger partial charge in [0.2, 0.25) is 0 Å². The van der Waals surface area contributed by atoms with E-state index in [4.69, 9.17) is 23.2 Å². The summed E-state index contributed by atoms with van der Waals surface area (Å²) in [6.45, 7) is 3.66. The Morgan fingerprint density at radius 2 is 1.95 bits per heavy atom. The lowest BCUT2D eigenvalue weighted by atomic mass is 10.1. The van der Waals surface area contributed by atoms with Crippen molar-refractivity contribution < 1.29 is 4.92 Å². The van der Waals surface area contributed by atoms with E-state index in [2.05, 4.69) is 5.32 Å². The number of hydrogen-bond donors (Lipinski definition) is 1. The van der Waals surface area contributed by atoms with Crippen molar-refractivity contribution in [3.8, 4) is 0 Å². The highest BCUT2D eigenvalue weighted by Gasteiger charge is 2.16. The minimum absolute atomic E-state index is 0.0920. The SMILES string of the molecule is Cc1c(NC(C)c2ccc(Cl)cc2Cl)cccc1[N+](=O)[O-]. The number of hydrogen-bond acceptors (Lipinski definition) is 3. The van der Waals surface area contributed by atoms with Crippen LogP contribution in [0.15, 0.2) is 36.4 Å². The molecule has 2 aromatic carbocycles. The van der Waals surface area contributed by atoms with Gasteiger partial charge in [-0.05, 0) is 37.6 Å². The van der Waals surface area contributed by atoms with Crippen molar-refractivity contribution in [3.63, 3.8) is 0 Å². The summed E-state index contributed by atoms with van der Waals surface area (Å²) in [5, 5.41) is 15.3. The second-order valence-electron chi connectivity index (χ2n) is 4.74. The van der Waals surface area contributed by atoms with E-state index in [1.54, 1.807) is 25.1 Å². The van der Waals surface area contributed by atoms with E-state index < -0.39 is 0 Å². The van der Waals surface area contributed by atoms with Gasteiger partial charge in [0.25, 0.3) is 5.69 Å². The summed E-state index contributed by atoms with van der Waals surface area (Å²) in [4.78, 5) is 10.6. The summed E-state index contributed by atoms with van der Waals surface area (Å²) >= 11 is 12.1. The maximum Gasteiger partial charge on any atom is 0.274 e. The van der Waals surface area contributed by atoms with Crippen molar-refractivity contribution in [2.75, 3.05) is 5.32 Å². The first-order chi connectivity index (χ1) is 9.90. The molecule has 2 aromatic rings. The zero-order valence-electron chi connectivity index (χ0n) is 11.6. The number of anilines is 1. The largest absolute Gasteiger partial charge is 0.378 e. The minimum Gasteiger partial charge on any atom is -0.378 e. The van der Waals surface area contributed by atoms with Crippen LogP contribution in [0.3, 0.4) is 0 Å². The molecule has 21 heavy (non-hydrogen) atoms. The van der Waals surface area contributed by atoms with Gasteiger partial charge in [0.15, 0.2) is 0 Å². The Balaban J connectivity index is 2.29.